The van der Waals surface area contributed by atoms with Gasteiger partial charge in [0.25, 0.3) is 0 Å². The Kier molecular flexibility index (Phi) is 6.20. The quantitative estimate of drug-likeness (QED) is 0.389. The first kappa shape index (κ1) is 22.5. The second-order valence-electron chi connectivity index (χ2n) is 7.77. The first-order chi connectivity index (χ1) is 15.8. The largest absolute Gasteiger partial charge is 0.416 e. The molecule has 0 aliphatic heterocycles. The van der Waals surface area contributed by atoms with Crippen LogP contribution in [0.25, 0.3) is 22.5 Å². The lowest BCUT2D eigenvalue weighted by Crippen LogP contribution is -2.08. The van der Waals surface area contributed by atoms with Gasteiger partial charge in [0.2, 0.25) is 0 Å². The van der Waals surface area contributed by atoms with Crippen LogP contribution in [0.1, 0.15) is 29.9 Å². The lowest BCUT2D eigenvalue weighted by molar-refractivity contribution is -0.137. The third-order valence-electron chi connectivity index (χ3n) is 5.53. The van der Waals surface area contributed by atoms with E-state index in [2.05, 4.69) is 15.3 Å². The van der Waals surface area contributed by atoms with Crippen LogP contribution in [0.5, 0.6) is 0 Å². The minimum atomic E-state index is -4.44. The average Bonchev–Trinajstić information content (AvgIpc) is 3.15. The van der Waals surface area contributed by atoms with Crippen LogP contribution in [-0.4, -0.2) is 14.5 Å². The van der Waals surface area contributed by atoms with Gasteiger partial charge in [0.1, 0.15) is 11.6 Å². The fourth-order valence-corrected chi connectivity index (χ4v) is 3.81. The smallest absolute Gasteiger partial charge is 0.364 e. The topological polar surface area (TPSA) is 68.8 Å². The van der Waals surface area contributed by atoms with Crippen molar-refractivity contribution in [3.8, 4) is 22.5 Å². The van der Waals surface area contributed by atoms with Crippen LogP contribution in [0.3, 0.4) is 0 Å². The van der Waals surface area contributed by atoms with E-state index in [4.69, 9.17) is 5.73 Å². The second kappa shape index (κ2) is 9.07. The van der Waals surface area contributed by atoms with E-state index in [9.17, 15) is 13.2 Å². The minimum Gasteiger partial charge on any atom is -0.364 e. The van der Waals surface area contributed by atoms with Crippen molar-refractivity contribution in [2.75, 3.05) is 5.32 Å². The van der Waals surface area contributed by atoms with Crippen LogP contribution in [0.2, 0.25) is 0 Å². The maximum atomic E-state index is 13.3. The van der Waals surface area contributed by atoms with E-state index in [-0.39, 0.29) is 12.6 Å². The molecule has 0 radical (unpaired) electrons. The second-order valence-corrected chi connectivity index (χ2v) is 7.77. The number of halogens is 3. The number of aromatic nitrogens is 3. The molecule has 1 atom stereocenters. The molecule has 2 aromatic carbocycles. The van der Waals surface area contributed by atoms with E-state index >= 15 is 0 Å². The molecule has 3 N–H and O–H groups in total. The van der Waals surface area contributed by atoms with Gasteiger partial charge in [-0.25, -0.2) is 9.97 Å². The highest BCUT2D eigenvalue weighted by molar-refractivity contribution is 5.80. The molecule has 0 saturated heterocycles. The number of benzene rings is 2. The Morgan fingerprint density at radius 3 is 2.45 bits per heavy atom. The number of alkyl halides is 3. The zero-order valence-electron chi connectivity index (χ0n) is 18.3. The molecular formula is C25H24F3N5. The van der Waals surface area contributed by atoms with Gasteiger partial charge < -0.3 is 15.6 Å². The maximum Gasteiger partial charge on any atom is 0.416 e. The number of nitrogens with zero attached hydrogens (tertiary/aromatic N) is 3. The number of nitrogens with two attached hydrogens (primary N) is 1. The Balaban J connectivity index is 1.76. The van der Waals surface area contributed by atoms with Gasteiger partial charge in [0, 0.05) is 30.4 Å². The van der Waals surface area contributed by atoms with Gasteiger partial charge >= 0.3 is 6.18 Å². The van der Waals surface area contributed by atoms with Crippen molar-refractivity contribution in [1.82, 2.24) is 14.5 Å². The molecule has 5 nitrogen and oxygen atoms in total. The lowest BCUT2D eigenvalue weighted by Gasteiger charge is -2.16. The fraction of sp³-hybridized carbons (Fsp3) is 0.200. The summed E-state index contributed by atoms with van der Waals surface area (Å²) in [6.07, 6.45) is -2.77. The van der Waals surface area contributed by atoms with Gasteiger partial charge in [-0.15, -0.1) is 0 Å². The van der Waals surface area contributed by atoms with Crippen molar-refractivity contribution in [2.45, 2.75) is 25.7 Å². The van der Waals surface area contributed by atoms with Gasteiger partial charge in [-0.3, -0.25) is 0 Å². The molecule has 2 aromatic heterocycles. The van der Waals surface area contributed by atoms with Crippen molar-refractivity contribution < 1.29 is 13.2 Å². The molecular weight excluding hydrogens is 427 g/mol. The average molecular weight is 451 g/mol. The van der Waals surface area contributed by atoms with Crippen LogP contribution in [-0.2, 0) is 19.8 Å². The van der Waals surface area contributed by atoms with Gasteiger partial charge in [0.05, 0.1) is 23.5 Å². The van der Waals surface area contributed by atoms with Gasteiger partial charge in [-0.05, 0) is 36.8 Å². The predicted molar refractivity (Wildman–Crippen MR) is 123 cm³/mol. The highest BCUT2D eigenvalue weighted by atomic mass is 19.4. The van der Waals surface area contributed by atoms with Crippen LogP contribution in [0.4, 0.5) is 19.0 Å². The van der Waals surface area contributed by atoms with Crippen LogP contribution in [0.15, 0.2) is 72.9 Å². The van der Waals surface area contributed by atoms with Crippen molar-refractivity contribution in [2.24, 2.45) is 12.8 Å². The number of hydrogen-bond donors (Lipinski definition) is 2. The molecule has 2 heterocycles. The molecule has 4 aromatic rings. The monoisotopic (exact) mass is 451 g/mol. The molecule has 4 rings (SSSR count). The Morgan fingerprint density at radius 2 is 1.76 bits per heavy atom. The molecule has 0 amide bonds. The SMILES string of the molecule is C[C@H](Nc1cc(-c2c(-c3cccc(C(F)(F)F)c3)nc(CN)n2C)ccn1)c1ccccc1. The summed E-state index contributed by atoms with van der Waals surface area (Å²) in [6.45, 7) is 2.19. The van der Waals surface area contributed by atoms with Gasteiger partial charge in [0.15, 0.2) is 0 Å². The molecule has 0 fully saturated rings. The summed E-state index contributed by atoms with van der Waals surface area (Å²) in [6, 6.07) is 18.8. The number of pyridine rings is 1. The third-order valence-corrected chi connectivity index (χ3v) is 5.53. The van der Waals surface area contributed by atoms with Crippen LogP contribution in [0, 0.1) is 0 Å². The number of hydrogen-bond acceptors (Lipinski definition) is 4. The lowest BCUT2D eigenvalue weighted by atomic mass is 10.0. The zero-order valence-corrected chi connectivity index (χ0v) is 18.3. The van der Waals surface area contributed by atoms with E-state index < -0.39 is 11.7 Å². The molecule has 33 heavy (non-hydrogen) atoms. The van der Waals surface area contributed by atoms with Crippen LogP contribution >= 0.6 is 0 Å². The third kappa shape index (κ3) is 4.75. The fourth-order valence-electron chi connectivity index (χ4n) is 3.81. The van der Waals surface area contributed by atoms with Crippen molar-refractivity contribution >= 4 is 5.82 Å². The Hall–Kier alpha value is -3.65. The molecule has 0 unspecified atom stereocenters. The molecule has 0 saturated carbocycles. The van der Waals surface area contributed by atoms with Crippen molar-refractivity contribution in [1.29, 1.82) is 0 Å². The van der Waals surface area contributed by atoms with Crippen molar-refractivity contribution in [3.63, 3.8) is 0 Å². The summed E-state index contributed by atoms with van der Waals surface area (Å²) in [5, 5.41) is 3.38. The summed E-state index contributed by atoms with van der Waals surface area (Å²) in [4.78, 5) is 8.99. The Morgan fingerprint density at radius 1 is 1.00 bits per heavy atom. The number of rotatable bonds is 6. The molecule has 0 aliphatic carbocycles. The summed E-state index contributed by atoms with van der Waals surface area (Å²) in [5.41, 5.74) is 8.51. The van der Waals surface area contributed by atoms with E-state index in [0.29, 0.717) is 28.6 Å². The molecule has 0 spiro atoms. The van der Waals surface area contributed by atoms with E-state index in [1.54, 1.807) is 12.3 Å². The highest BCUT2D eigenvalue weighted by Crippen LogP contribution is 2.36. The Bertz CT molecular complexity index is 1250. The van der Waals surface area contributed by atoms with E-state index in [1.807, 2.05) is 61.0 Å². The normalized spacial score (nSPS) is 12.5. The van der Waals surface area contributed by atoms with E-state index in [0.717, 1.165) is 23.3 Å². The van der Waals surface area contributed by atoms with Gasteiger partial charge in [-0.1, -0.05) is 42.5 Å². The summed E-state index contributed by atoms with van der Waals surface area (Å²) >= 11 is 0. The highest BCUT2D eigenvalue weighted by Gasteiger charge is 2.31. The molecule has 0 aliphatic rings. The summed E-state index contributed by atoms with van der Waals surface area (Å²) in [5.74, 6) is 1.22. The number of nitrogens with one attached hydrogen (secondary N) is 1. The molecule has 8 heteroatoms. The minimum absolute atomic E-state index is 0.0167. The molecule has 0 bridgehead atoms. The maximum absolute atomic E-state index is 13.3. The zero-order chi connectivity index (χ0) is 23.6. The first-order valence-corrected chi connectivity index (χ1v) is 10.5. The number of anilines is 1. The van der Waals surface area contributed by atoms with Gasteiger partial charge in [-0.2, -0.15) is 13.2 Å². The standard InChI is InChI=1S/C25H24F3N5/c1-16(17-7-4-3-5-8-17)31-21-14-19(11-12-30-21)24-23(32-22(15-29)33(24)2)18-9-6-10-20(13-18)25(26,27)28/h3-14,16H,15,29H2,1-2H3,(H,30,31)/t16-/m0/s1. The molecule has 170 valence electrons. The Labute approximate surface area is 190 Å². The van der Waals surface area contributed by atoms with Crippen molar-refractivity contribution in [3.05, 3.63) is 89.9 Å². The predicted octanol–water partition coefficient (Wildman–Crippen LogP) is 5.80. The summed E-state index contributed by atoms with van der Waals surface area (Å²) in [7, 11) is 1.81. The first-order valence-electron chi connectivity index (χ1n) is 10.5. The van der Waals surface area contributed by atoms with E-state index in [1.165, 1.54) is 6.07 Å². The number of imidazole rings is 1. The summed E-state index contributed by atoms with van der Waals surface area (Å²) < 4.78 is 41.7. The van der Waals surface area contributed by atoms with Crippen LogP contribution < -0.4 is 11.1 Å².